The summed E-state index contributed by atoms with van der Waals surface area (Å²) in [6, 6.07) is 5.74. The number of aliphatic imine (C=N–C) groups is 1. The highest BCUT2D eigenvalue weighted by atomic mass is 16.6. The van der Waals surface area contributed by atoms with Crippen molar-refractivity contribution in [3.63, 3.8) is 0 Å². The largest absolute Gasteiger partial charge is 0.449 e. The molecule has 13 nitrogen and oxygen atoms in total. The van der Waals surface area contributed by atoms with Crippen molar-refractivity contribution in [2.75, 3.05) is 83.6 Å². The number of rotatable bonds is 9. The van der Waals surface area contributed by atoms with Gasteiger partial charge in [-0.3, -0.25) is 4.90 Å². The van der Waals surface area contributed by atoms with Gasteiger partial charge in [0, 0.05) is 66.4 Å². The predicted molar refractivity (Wildman–Crippen MR) is 244 cm³/mol. The highest BCUT2D eigenvalue weighted by Gasteiger charge is 2.51. The number of carbonyl (C=O) groups is 2. The fourth-order valence-corrected chi connectivity index (χ4v) is 8.15. The number of allylic oxidation sites excluding steroid dienone is 4. The minimum absolute atomic E-state index is 0. The molecular weight excluding hydrogens is 745 g/mol. The van der Waals surface area contributed by atoms with E-state index in [9.17, 15) is 9.59 Å². The van der Waals surface area contributed by atoms with Gasteiger partial charge in [0.15, 0.2) is 0 Å². The lowest BCUT2D eigenvalue weighted by atomic mass is 9.85. The van der Waals surface area contributed by atoms with Crippen LogP contribution in [0.5, 0.6) is 0 Å². The number of nitrogens with zero attached hydrogens (tertiary/aromatic N) is 6. The first-order chi connectivity index (χ1) is 28.2. The molecular formula is C46H78N8O5. The molecule has 0 bridgehead atoms. The monoisotopic (exact) mass is 823 g/mol. The number of pyridine rings is 1. The lowest BCUT2D eigenvalue weighted by Gasteiger charge is -2.30. The molecule has 2 N–H and O–H groups in total. The number of hydrogen-bond acceptors (Lipinski definition) is 10. The third kappa shape index (κ3) is 12.8. The molecule has 2 aliphatic carbocycles. The highest BCUT2D eigenvalue weighted by Crippen LogP contribution is 2.55. The van der Waals surface area contributed by atoms with E-state index in [2.05, 4.69) is 83.9 Å². The van der Waals surface area contributed by atoms with Crippen molar-refractivity contribution in [2.24, 2.45) is 34.1 Å². The molecule has 2 amide bonds. The first-order valence-corrected chi connectivity index (χ1v) is 21.7. The van der Waals surface area contributed by atoms with Crippen molar-refractivity contribution in [1.82, 2.24) is 25.4 Å². The number of nitrogens with one attached hydrogen (secondary N) is 2. The molecule has 5 fully saturated rings. The zero-order valence-corrected chi connectivity index (χ0v) is 37.9. The molecule has 0 radical (unpaired) electrons. The SMILES string of the molecule is C=CC.CC.CN1CCCOC1=O.C[C@H]1COC(=O)N1c1cccc(N2C[C@@](C)(COC(C)(C)C)C(=C/N(C)C)/C2=N\CNC2=CC3C(C=CC2)C3[C@H]2CCCNC2)n1.[HH].[HH]. The highest BCUT2D eigenvalue weighted by molar-refractivity contribution is 6.13. The third-order valence-corrected chi connectivity index (χ3v) is 11.1. The Labute approximate surface area is 358 Å². The van der Waals surface area contributed by atoms with Crippen molar-refractivity contribution < 1.29 is 26.7 Å². The minimum Gasteiger partial charge on any atom is -0.449 e. The summed E-state index contributed by atoms with van der Waals surface area (Å²) in [7, 11) is 5.83. The van der Waals surface area contributed by atoms with Crippen LogP contribution in [0.15, 0.2) is 71.5 Å². The lowest BCUT2D eigenvalue weighted by molar-refractivity contribution is -0.0334. The van der Waals surface area contributed by atoms with Crippen LogP contribution in [-0.4, -0.2) is 118 Å². The molecule has 0 spiro atoms. The van der Waals surface area contributed by atoms with E-state index >= 15 is 0 Å². The van der Waals surface area contributed by atoms with Gasteiger partial charge in [0.2, 0.25) is 0 Å². The number of carbonyl (C=O) groups excluding carboxylic acids is 2. The Morgan fingerprint density at radius 3 is 2.47 bits per heavy atom. The molecule has 6 aliphatic rings. The van der Waals surface area contributed by atoms with Crippen LogP contribution in [0, 0.1) is 29.1 Å². The second kappa shape index (κ2) is 21.8. The predicted octanol–water partition coefficient (Wildman–Crippen LogP) is 8.33. The Balaban J connectivity index is 0.000000744. The molecule has 13 heteroatoms. The van der Waals surface area contributed by atoms with E-state index in [1.165, 1.54) is 18.5 Å². The summed E-state index contributed by atoms with van der Waals surface area (Å²) in [6.45, 7) is 25.4. The number of aromatic nitrogens is 1. The zero-order valence-electron chi connectivity index (χ0n) is 37.9. The average molecular weight is 823 g/mol. The first kappa shape index (κ1) is 47.3. The number of fused-ring (bicyclic) bond motifs is 1. The maximum Gasteiger partial charge on any atom is 0.415 e. The zero-order chi connectivity index (χ0) is 43.3. The second-order valence-corrected chi connectivity index (χ2v) is 17.5. The molecule has 6 atom stereocenters. The Morgan fingerprint density at radius 2 is 1.88 bits per heavy atom. The molecule has 332 valence electrons. The van der Waals surface area contributed by atoms with Gasteiger partial charge in [0.1, 0.15) is 30.7 Å². The van der Waals surface area contributed by atoms with Gasteiger partial charge in [-0.1, -0.05) is 51.1 Å². The fraction of sp³-hybridized carbons (Fsp3) is 0.652. The van der Waals surface area contributed by atoms with Gasteiger partial charge in [0.05, 0.1) is 24.9 Å². The number of cyclic esters (lactones) is 2. The maximum absolute atomic E-state index is 12.6. The number of anilines is 2. The average Bonchev–Trinajstić information content (AvgIpc) is 3.74. The molecule has 59 heavy (non-hydrogen) atoms. The minimum atomic E-state index is -0.362. The van der Waals surface area contributed by atoms with E-state index in [0.29, 0.717) is 50.7 Å². The standard InChI is InChI=1S/C36H53N7O3.C5H9NO2.C3H6.C2H6.2H2/c1-24-20-45-34(44)43(24)31-15-9-14-30(40-31)42-21-36(5,22-46-35(2,3)4)29(19-41(6)7)33(42)39-23-38-26-12-8-13-27-28(17-26)32(27)25-11-10-16-37-18-25;1-6-3-2-4-8-5(6)7;1-3-2;1-2;;/h8-9,13-15,17,19,24-25,27-28,32,37-38H,10-12,16,18,20-23H2,1-7H3;2-4H2,1H3;3H,1H2,2H3;1-2H3;2*1H/b29-19+,39-33+;;;;;/t24-,25-,27?,28?,32?,36-;;;;;/m0...../s1. The van der Waals surface area contributed by atoms with Crippen molar-refractivity contribution >= 4 is 29.7 Å². The fourth-order valence-electron chi connectivity index (χ4n) is 8.15. The van der Waals surface area contributed by atoms with Gasteiger partial charge in [0.25, 0.3) is 0 Å². The van der Waals surface area contributed by atoms with Crippen LogP contribution in [0.3, 0.4) is 0 Å². The van der Waals surface area contributed by atoms with Crippen LogP contribution in [0.4, 0.5) is 21.2 Å². The summed E-state index contributed by atoms with van der Waals surface area (Å²) in [5.74, 6) is 5.02. The van der Waals surface area contributed by atoms with E-state index in [0.717, 1.165) is 61.5 Å². The third-order valence-electron chi connectivity index (χ3n) is 11.1. The Bertz CT molecular complexity index is 1690. The summed E-state index contributed by atoms with van der Waals surface area (Å²) < 4.78 is 16.4. The molecule has 1 aromatic heterocycles. The van der Waals surface area contributed by atoms with Gasteiger partial charge in [-0.25, -0.2) is 19.6 Å². The van der Waals surface area contributed by atoms with Crippen LogP contribution < -0.4 is 20.4 Å². The normalized spacial score (nSPS) is 28.7. The summed E-state index contributed by atoms with van der Waals surface area (Å²) >= 11 is 0. The number of ether oxygens (including phenoxy) is 3. The molecule has 4 saturated heterocycles. The van der Waals surface area contributed by atoms with E-state index in [4.69, 9.17) is 19.5 Å². The van der Waals surface area contributed by atoms with Gasteiger partial charge in [-0.15, -0.1) is 6.58 Å². The van der Waals surface area contributed by atoms with E-state index in [1.54, 1.807) is 22.9 Å². The molecule has 1 saturated carbocycles. The van der Waals surface area contributed by atoms with Crippen molar-refractivity contribution in [1.29, 1.82) is 0 Å². The number of piperidine rings is 1. The van der Waals surface area contributed by atoms with Gasteiger partial charge in [-0.2, -0.15) is 0 Å². The van der Waals surface area contributed by atoms with E-state index < -0.39 is 0 Å². The Hall–Kier alpha value is -4.36. The lowest BCUT2D eigenvalue weighted by Crippen LogP contribution is -2.35. The molecule has 4 aliphatic heterocycles. The molecule has 0 aromatic carbocycles. The summed E-state index contributed by atoms with van der Waals surface area (Å²) in [5, 5.41) is 7.29. The smallest absolute Gasteiger partial charge is 0.415 e. The quantitative estimate of drug-likeness (QED) is 0.235. The number of hydrogen-bond donors (Lipinski definition) is 2. The van der Waals surface area contributed by atoms with Crippen molar-refractivity contribution in [2.45, 2.75) is 92.7 Å². The molecule has 5 heterocycles. The number of amidine groups is 1. The summed E-state index contributed by atoms with van der Waals surface area (Å²) in [6.07, 6.45) is 15.1. The topological polar surface area (TPSA) is 124 Å². The summed E-state index contributed by atoms with van der Waals surface area (Å²) in [5.41, 5.74) is 1.73. The van der Waals surface area contributed by atoms with Gasteiger partial charge >= 0.3 is 12.2 Å². The van der Waals surface area contributed by atoms with Gasteiger partial charge in [-0.05, 0) is 103 Å². The first-order valence-electron chi connectivity index (χ1n) is 21.7. The van der Waals surface area contributed by atoms with Crippen molar-refractivity contribution in [3.8, 4) is 0 Å². The molecule has 1 aromatic rings. The Kier molecular flexibility index (Phi) is 17.5. The van der Waals surface area contributed by atoms with Crippen LogP contribution in [0.2, 0.25) is 0 Å². The Morgan fingerprint density at radius 1 is 1.15 bits per heavy atom. The van der Waals surface area contributed by atoms with Crippen LogP contribution in [0.1, 0.15) is 83.9 Å². The molecule has 3 unspecified atom stereocenters. The van der Waals surface area contributed by atoms with Crippen LogP contribution >= 0.6 is 0 Å². The van der Waals surface area contributed by atoms with E-state index in [1.807, 2.05) is 60.0 Å². The van der Waals surface area contributed by atoms with Crippen LogP contribution in [-0.2, 0) is 14.2 Å². The second-order valence-electron chi connectivity index (χ2n) is 17.5. The van der Waals surface area contributed by atoms with Crippen LogP contribution in [0.25, 0.3) is 0 Å². The number of amides is 2. The van der Waals surface area contributed by atoms with Gasteiger partial charge < -0.3 is 39.5 Å². The maximum atomic E-state index is 12.6. The molecule has 7 rings (SSSR count). The van der Waals surface area contributed by atoms with Crippen molar-refractivity contribution in [3.05, 3.63) is 66.6 Å². The summed E-state index contributed by atoms with van der Waals surface area (Å²) in [4.78, 5) is 40.8. The van der Waals surface area contributed by atoms with E-state index in [-0.39, 0.29) is 32.1 Å².